The molecule has 0 radical (unpaired) electrons. The molecular formula is C14H21BrN2O. The molecule has 0 spiro atoms. The lowest BCUT2D eigenvalue weighted by atomic mass is 9.96. The van der Waals surface area contributed by atoms with Crippen LogP contribution in [0.2, 0.25) is 0 Å². The van der Waals surface area contributed by atoms with Crippen molar-refractivity contribution in [3.63, 3.8) is 0 Å². The number of β-amino-alcohol motifs (C(OH)–C–C–N with tert-alkyl or cyclic N) is 1. The molecule has 4 heteroatoms. The van der Waals surface area contributed by atoms with E-state index in [-0.39, 0.29) is 18.2 Å². The molecule has 1 saturated heterocycles. The van der Waals surface area contributed by atoms with Crippen LogP contribution in [0.1, 0.15) is 31.4 Å². The third kappa shape index (κ3) is 3.12. The monoisotopic (exact) mass is 312 g/mol. The first kappa shape index (κ1) is 14.0. The van der Waals surface area contributed by atoms with Gasteiger partial charge >= 0.3 is 0 Å². The highest BCUT2D eigenvalue weighted by Crippen LogP contribution is 2.31. The smallest absolute Gasteiger partial charge is 0.0667 e. The summed E-state index contributed by atoms with van der Waals surface area (Å²) in [5, 5.41) is 9.83. The van der Waals surface area contributed by atoms with Gasteiger partial charge in [-0.15, -0.1) is 0 Å². The molecule has 1 aromatic carbocycles. The van der Waals surface area contributed by atoms with Crippen molar-refractivity contribution in [1.29, 1.82) is 0 Å². The van der Waals surface area contributed by atoms with Gasteiger partial charge in [-0.25, -0.2) is 0 Å². The predicted molar refractivity (Wildman–Crippen MR) is 77.3 cm³/mol. The number of hydrogen-bond acceptors (Lipinski definition) is 3. The Hall–Kier alpha value is -0.420. The summed E-state index contributed by atoms with van der Waals surface area (Å²) in [6, 6.07) is 8.40. The Balaban J connectivity index is 2.26. The molecule has 1 aliphatic heterocycles. The maximum Gasteiger partial charge on any atom is 0.0667 e. The summed E-state index contributed by atoms with van der Waals surface area (Å²) in [7, 11) is 0. The van der Waals surface area contributed by atoms with Crippen LogP contribution in [0.4, 0.5) is 0 Å². The minimum Gasteiger partial charge on any atom is -0.392 e. The van der Waals surface area contributed by atoms with Crippen LogP contribution in [0.5, 0.6) is 0 Å². The number of halogens is 1. The SMILES string of the molecule is CC(N)C(c1ccccc1Br)N1CCCC(O)C1. The van der Waals surface area contributed by atoms with Gasteiger partial charge in [0.1, 0.15) is 0 Å². The van der Waals surface area contributed by atoms with Crippen molar-refractivity contribution in [2.24, 2.45) is 5.73 Å². The van der Waals surface area contributed by atoms with Gasteiger partial charge in [0.25, 0.3) is 0 Å². The van der Waals surface area contributed by atoms with Gasteiger partial charge in [-0.2, -0.15) is 0 Å². The fraction of sp³-hybridized carbons (Fsp3) is 0.571. The normalized spacial score (nSPS) is 24.8. The third-order valence-electron chi connectivity index (χ3n) is 3.54. The highest BCUT2D eigenvalue weighted by Gasteiger charge is 2.29. The van der Waals surface area contributed by atoms with Gasteiger partial charge in [0.2, 0.25) is 0 Å². The Bertz CT molecular complexity index is 397. The van der Waals surface area contributed by atoms with Gasteiger partial charge in [-0.3, -0.25) is 4.90 Å². The Morgan fingerprint density at radius 1 is 1.44 bits per heavy atom. The summed E-state index contributed by atoms with van der Waals surface area (Å²) in [6.45, 7) is 3.75. The van der Waals surface area contributed by atoms with E-state index in [9.17, 15) is 5.11 Å². The zero-order valence-corrected chi connectivity index (χ0v) is 12.3. The lowest BCUT2D eigenvalue weighted by molar-refractivity contribution is 0.0403. The van der Waals surface area contributed by atoms with Gasteiger partial charge in [-0.05, 0) is 37.9 Å². The van der Waals surface area contributed by atoms with E-state index >= 15 is 0 Å². The molecule has 0 bridgehead atoms. The van der Waals surface area contributed by atoms with Crippen molar-refractivity contribution in [2.45, 2.75) is 38.0 Å². The van der Waals surface area contributed by atoms with Crippen LogP contribution >= 0.6 is 15.9 Å². The van der Waals surface area contributed by atoms with Gasteiger partial charge in [0, 0.05) is 17.1 Å². The standard InChI is InChI=1S/C14H21BrN2O/c1-10(16)14(12-6-2-3-7-13(12)15)17-8-4-5-11(18)9-17/h2-3,6-7,10-11,14,18H,4-5,8-9,16H2,1H3. The third-order valence-corrected chi connectivity index (χ3v) is 4.27. The molecule has 0 aromatic heterocycles. The van der Waals surface area contributed by atoms with E-state index in [4.69, 9.17) is 5.73 Å². The quantitative estimate of drug-likeness (QED) is 0.900. The van der Waals surface area contributed by atoms with Crippen LogP contribution in [0.25, 0.3) is 0 Å². The van der Waals surface area contributed by atoms with Crippen molar-refractivity contribution < 1.29 is 5.11 Å². The lowest BCUT2D eigenvalue weighted by Crippen LogP contribution is -2.46. The molecular weight excluding hydrogens is 292 g/mol. The maximum absolute atomic E-state index is 9.83. The lowest BCUT2D eigenvalue weighted by Gasteiger charge is -2.39. The molecule has 3 unspecified atom stereocenters. The first-order chi connectivity index (χ1) is 8.59. The number of piperidine rings is 1. The molecule has 0 saturated carbocycles. The van der Waals surface area contributed by atoms with E-state index in [0.29, 0.717) is 6.54 Å². The number of aliphatic hydroxyl groups excluding tert-OH is 1. The van der Waals surface area contributed by atoms with Crippen LogP contribution < -0.4 is 5.73 Å². The average Bonchev–Trinajstić information content (AvgIpc) is 2.32. The van der Waals surface area contributed by atoms with E-state index in [1.54, 1.807) is 0 Å². The topological polar surface area (TPSA) is 49.5 Å². The first-order valence-corrected chi connectivity index (χ1v) is 7.31. The van der Waals surface area contributed by atoms with Gasteiger partial charge < -0.3 is 10.8 Å². The van der Waals surface area contributed by atoms with Gasteiger partial charge in [0.15, 0.2) is 0 Å². The van der Waals surface area contributed by atoms with Crippen molar-refractivity contribution in [3.05, 3.63) is 34.3 Å². The Labute approximate surface area is 117 Å². The molecule has 1 aromatic rings. The first-order valence-electron chi connectivity index (χ1n) is 6.51. The number of benzene rings is 1. The molecule has 3 N–H and O–H groups in total. The van der Waals surface area contributed by atoms with Crippen LogP contribution in [-0.2, 0) is 0 Å². The van der Waals surface area contributed by atoms with Crippen molar-refractivity contribution in [2.75, 3.05) is 13.1 Å². The summed E-state index contributed by atoms with van der Waals surface area (Å²) in [6.07, 6.45) is 1.72. The fourth-order valence-electron chi connectivity index (χ4n) is 2.76. The predicted octanol–water partition coefficient (Wildman–Crippen LogP) is 2.29. The second-order valence-electron chi connectivity index (χ2n) is 5.12. The van der Waals surface area contributed by atoms with Crippen LogP contribution in [0, 0.1) is 0 Å². The van der Waals surface area contributed by atoms with E-state index in [1.807, 2.05) is 25.1 Å². The number of aliphatic hydroxyl groups is 1. The number of hydrogen-bond donors (Lipinski definition) is 2. The molecule has 1 heterocycles. The summed E-state index contributed by atoms with van der Waals surface area (Å²) < 4.78 is 1.09. The molecule has 0 amide bonds. The summed E-state index contributed by atoms with van der Waals surface area (Å²) in [5.74, 6) is 0. The molecule has 100 valence electrons. The zero-order chi connectivity index (χ0) is 13.1. The van der Waals surface area contributed by atoms with E-state index in [2.05, 4.69) is 26.9 Å². The van der Waals surface area contributed by atoms with Crippen LogP contribution in [0.15, 0.2) is 28.7 Å². The largest absolute Gasteiger partial charge is 0.392 e. The highest BCUT2D eigenvalue weighted by atomic mass is 79.9. The second-order valence-corrected chi connectivity index (χ2v) is 5.97. The number of nitrogens with zero attached hydrogens (tertiary/aromatic N) is 1. The maximum atomic E-state index is 9.83. The minimum atomic E-state index is -0.220. The van der Waals surface area contributed by atoms with Crippen molar-refractivity contribution >= 4 is 15.9 Å². The number of rotatable bonds is 3. The van der Waals surface area contributed by atoms with Crippen molar-refractivity contribution in [1.82, 2.24) is 4.90 Å². The Kier molecular flexibility index (Phi) is 4.78. The van der Waals surface area contributed by atoms with Crippen LogP contribution in [0.3, 0.4) is 0 Å². The minimum absolute atomic E-state index is 0.0361. The Morgan fingerprint density at radius 2 is 2.17 bits per heavy atom. The van der Waals surface area contributed by atoms with Crippen LogP contribution in [-0.4, -0.2) is 35.2 Å². The Morgan fingerprint density at radius 3 is 2.78 bits per heavy atom. The molecule has 1 fully saturated rings. The summed E-state index contributed by atoms with van der Waals surface area (Å²) in [4.78, 5) is 2.30. The molecule has 18 heavy (non-hydrogen) atoms. The zero-order valence-electron chi connectivity index (χ0n) is 10.7. The molecule has 2 rings (SSSR count). The average molecular weight is 313 g/mol. The van der Waals surface area contributed by atoms with Gasteiger partial charge in [0.05, 0.1) is 12.1 Å². The van der Waals surface area contributed by atoms with E-state index in [1.165, 1.54) is 5.56 Å². The number of likely N-dealkylation sites (tertiary alicyclic amines) is 1. The van der Waals surface area contributed by atoms with Gasteiger partial charge in [-0.1, -0.05) is 34.1 Å². The number of nitrogens with two attached hydrogens (primary N) is 1. The summed E-state index contributed by atoms with van der Waals surface area (Å²) >= 11 is 3.60. The van der Waals surface area contributed by atoms with E-state index < -0.39 is 0 Å². The van der Waals surface area contributed by atoms with Crippen molar-refractivity contribution in [3.8, 4) is 0 Å². The molecule has 0 aliphatic carbocycles. The summed E-state index contributed by atoms with van der Waals surface area (Å²) in [5.41, 5.74) is 7.38. The fourth-order valence-corrected chi connectivity index (χ4v) is 3.28. The second kappa shape index (κ2) is 6.15. The highest BCUT2D eigenvalue weighted by molar-refractivity contribution is 9.10. The molecule has 3 atom stereocenters. The molecule has 3 nitrogen and oxygen atoms in total. The van der Waals surface area contributed by atoms with E-state index in [0.717, 1.165) is 23.9 Å². The molecule has 1 aliphatic rings.